The van der Waals surface area contributed by atoms with Crippen LogP contribution in [-0.2, 0) is 11.3 Å². The molecule has 10 nitrogen and oxygen atoms in total. The van der Waals surface area contributed by atoms with Gasteiger partial charge in [0.25, 0.3) is 11.6 Å². The van der Waals surface area contributed by atoms with Crippen molar-refractivity contribution in [1.29, 1.82) is 0 Å². The number of anilines is 1. The van der Waals surface area contributed by atoms with Crippen molar-refractivity contribution in [2.24, 2.45) is 0 Å². The summed E-state index contributed by atoms with van der Waals surface area (Å²) in [4.78, 5) is 35.5. The Labute approximate surface area is 210 Å². The lowest BCUT2D eigenvalue weighted by molar-refractivity contribution is -0.384. The number of carbonyl (C=O) groups is 2. The van der Waals surface area contributed by atoms with Crippen LogP contribution in [0.3, 0.4) is 0 Å². The molecule has 1 aromatic heterocycles. The fourth-order valence-corrected chi connectivity index (χ4v) is 4.21. The van der Waals surface area contributed by atoms with Gasteiger partial charge >= 0.3 is 0 Å². The lowest BCUT2D eigenvalue weighted by Crippen LogP contribution is -2.29. The Balaban J connectivity index is 1.67. The van der Waals surface area contributed by atoms with Crippen molar-refractivity contribution in [3.8, 4) is 0 Å². The third kappa shape index (κ3) is 6.46. The number of amides is 2. The Kier molecular flexibility index (Phi) is 8.61. The molecule has 3 rings (SSSR count). The number of nitro benzene ring substituents is 1. The average molecular weight is 515 g/mol. The molecule has 0 spiro atoms. The van der Waals surface area contributed by atoms with Gasteiger partial charge in [-0.05, 0) is 37.6 Å². The zero-order valence-electron chi connectivity index (χ0n) is 19.0. The topological polar surface area (TPSA) is 132 Å². The maximum Gasteiger partial charge on any atom is 0.269 e. The van der Waals surface area contributed by atoms with E-state index in [1.807, 2.05) is 0 Å². The molecule has 1 atom stereocenters. The van der Waals surface area contributed by atoms with Gasteiger partial charge in [-0.15, -0.1) is 16.8 Å². The third-order valence-electron chi connectivity index (χ3n) is 4.94. The molecule has 12 heteroatoms. The van der Waals surface area contributed by atoms with Crippen molar-refractivity contribution >= 4 is 46.6 Å². The first-order valence-corrected chi connectivity index (χ1v) is 11.8. The van der Waals surface area contributed by atoms with Crippen LogP contribution in [0, 0.1) is 17.0 Å². The van der Waals surface area contributed by atoms with E-state index in [0.717, 1.165) is 0 Å². The molecule has 35 heavy (non-hydrogen) atoms. The predicted octanol–water partition coefficient (Wildman–Crippen LogP) is 4.56. The first kappa shape index (κ1) is 25.9. The van der Waals surface area contributed by atoms with Crippen molar-refractivity contribution in [2.45, 2.75) is 31.6 Å². The van der Waals surface area contributed by atoms with E-state index < -0.39 is 11.0 Å². The highest BCUT2D eigenvalue weighted by molar-refractivity contribution is 7.99. The van der Waals surface area contributed by atoms with E-state index in [0.29, 0.717) is 39.4 Å². The molecule has 0 aliphatic heterocycles. The van der Waals surface area contributed by atoms with Crippen LogP contribution < -0.4 is 10.6 Å². The lowest BCUT2D eigenvalue weighted by atomic mass is 10.2. The van der Waals surface area contributed by atoms with Crippen molar-refractivity contribution in [1.82, 2.24) is 20.1 Å². The smallest absolute Gasteiger partial charge is 0.269 e. The molecule has 0 radical (unpaired) electrons. The van der Waals surface area contributed by atoms with Crippen LogP contribution in [0.25, 0.3) is 0 Å². The molecular formula is C23H23ClN6O4S. The van der Waals surface area contributed by atoms with Crippen LogP contribution in [0.1, 0.15) is 34.7 Å². The minimum atomic E-state index is -0.490. The molecule has 0 saturated heterocycles. The summed E-state index contributed by atoms with van der Waals surface area (Å²) in [5.74, 6) is -0.115. The molecular weight excluding hydrogens is 492 g/mol. The van der Waals surface area contributed by atoms with Gasteiger partial charge in [-0.1, -0.05) is 41.6 Å². The van der Waals surface area contributed by atoms with Crippen molar-refractivity contribution in [3.05, 3.63) is 87.2 Å². The maximum atomic E-state index is 12.6. The second-order valence-electron chi connectivity index (χ2n) is 7.51. The van der Waals surface area contributed by atoms with Gasteiger partial charge < -0.3 is 15.2 Å². The number of allylic oxidation sites excluding steroid dienone is 1. The monoisotopic (exact) mass is 514 g/mol. The van der Waals surface area contributed by atoms with Gasteiger partial charge in [0.15, 0.2) is 11.0 Å². The van der Waals surface area contributed by atoms with Gasteiger partial charge in [-0.25, -0.2) is 0 Å². The van der Waals surface area contributed by atoms with E-state index in [4.69, 9.17) is 11.6 Å². The number of nitrogens with zero attached hydrogens (tertiary/aromatic N) is 4. The number of nitro groups is 1. The normalized spacial score (nSPS) is 11.5. The molecule has 0 saturated carbocycles. The predicted molar refractivity (Wildman–Crippen MR) is 135 cm³/mol. The highest BCUT2D eigenvalue weighted by Gasteiger charge is 2.21. The number of thioether (sulfide) groups is 1. The lowest BCUT2D eigenvalue weighted by Gasteiger charge is -2.15. The molecule has 0 unspecified atom stereocenters. The zero-order valence-corrected chi connectivity index (χ0v) is 20.6. The van der Waals surface area contributed by atoms with E-state index in [1.54, 1.807) is 48.8 Å². The van der Waals surface area contributed by atoms with E-state index in [9.17, 15) is 19.7 Å². The molecule has 0 aliphatic carbocycles. The first-order valence-electron chi connectivity index (χ1n) is 10.5. The fraction of sp³-hybridized carbons (Fsp3) is 0.217. The van der Waals surface area contributed by atoms with Gasteiger partial charge in [-0.2, -0.15) is 0 Å². The highest BCUT2D eigenvalue weighted by atomic mass is 35.5. The zero-order chi connectivity index (χ0) is 25.5. The van der Waals surface area contributed by atoms with Crippen LogP contribution in [0.5, 0.6) is 0 Å². The second-order valence-corrected chi connectivity index (χ2v) is 8.86. The largest absolute Gasteiger partial charge is 0.342 e. The summed E-state index contributed by atoms with van der Waals surface area (Å²) < 4.78 is 1.76. The summed E-state index contributed by atoms with van der Waals surface area (Å²) in [7, 11) is 0. The summed E-state index contributed by atoms with van der Waals surface area (Å²) >= 11 is 7.29. The number of benzene rings is 2. The second kappa shape index (κ2) is 11.6. The molecule has 3 aromatic rings. The number of nitrogens with one attached hydrogen (secondary N) is 2. The summed E-state index contributed by atoms with van der Waals surface area (Å²) in [6.45, 7) is 7.59. The summed E-state index contributed by atoms with van der Waals surface area (Å²) in [6.07, 6.45) is 1.67. The van der Waals surface area contributed by atoms with Gasteiger partial charge in [-0.3, -0.25) is 19.7 Å². The molecule has 182 valence electrons. The maximum absolute atomic E-state index is 12.6. The average Bonchev–Trinajstić information content (AvgIpc) is 3.22. The Morgan fingerprint density at radius 2 is 2.03 bits per heavy atom. The minimum Gasteiger partial charge on any atom is -0.342 e. The number of hydrogen-bond donors (Lipinski definition) is 2. The Bertz CT molecular complexity index is 1280. The van der Waals surface area contributed by atoms with E-state index in [2.05, 4.69) is 27.4 Å². The number of carbonyl (C=O) groups excluding carboxylic acids is 2. The number of halogens is 1. The van der Waals surface area contributed by atoms with Crippen LogP contribution in [0.15, 0.2) is 60.3 Å². The molecule has 2 N–H and O–H groups in total. The third-order valence-corrected chi connectivity index (χ3v) is 6.23. The van der Waals surface area contributed by atoms with Crippen molar-refractivity contribution < 1.29 is 14.5 Å². The summed E-state index contributed by atoms with van der Waals surface area (Å²) in [6, 6.07) is 10.5. The van der Waals surface area contributed by atoms with Crippen LogP contribution >= 0.6 is 23.4 Å². The first-order chi connectivity index (χ1) is 16.7. The molecule has 1 heterocycles. The quantitative estimate of drug-likeness (QED) is 0.175. The van der Waals surface area contributed by atoms with Gasteiger partial charge in [0.1, 0.15) is 0 Å². The number of aryl methyl sites for hydroxylation is 1. The molecule has 0 fully saturated rings. The van der Waals surface area contributed by atoms with Crippen LogP contribution in [0.2, 0.25) is 5.02 Å². The Morgan fingerprint density at radius 3 is 2.69 bits per heavy atom. The van der Waals surface area contributed by atoms with Gasteiger partial charge in [0.05, 0.1) is 27.3 Å². The Hall–Kier alpha value is -3.70. The molecule has 2 aromatic carbocycles. The number of aromatic nitrogens is 3. The fourth-order valence-electron chi connectivity index (χ4n) is 3.23. The van der Waals surface area contributed by atoms with E-state index in [1.165, 1.54) is 30.0 Å². The van der Waals surface area contributed by atoms with Gasteiger partial charge in [0, 0.05) is 24.4 Å². The van der Waals surface area contributed by atoms with Crippen molar-refractivity contribution in [2.75, 3.05) is 11.1 Å². The van der Waals surface area contributed by atoms with E-state index >= 15 is 0 Å². The standard InChI is InChI=1S/C23H23ClN6O4S/c1-4-11-29-21(15(3)25-22(32)17-7-5-6-8-18(17)24)27-28-23(29)35-13-20(31)26-19-10-9-16(30(33)34)12-14(19)2/h4-10,12,15H,1,11,13H2,2-3H3,(H,25,32)(H,26,31)/t15-/m0/s1. The highest BCUT2D eigenvalue weighted by Crippen LogP contribution is 2.24. The van der Waals surface area contributed by atoms with Crippen molar-refractivity contribution in [3.63, 3.8) is 0 Å². The minimum absolute atomic E-state index is 0.0338. The number of hydrogen-bond acceptors (Lipinski definition) is 7. The van der Waals surface area contributed by atoms with Crippen LogP contribution in [-0.4, -0.2) is 37.3 Å². The SMILES string of the molecule is C=CCn1c(SCC(=O)Nc2ccc([N+](=O)[O-])cc2C)nnc1[C@H](C)NC(=O)c1ccccc1Cl. The summed E-state index contributed by atoms with van der Waals surface area (Å²) in [5, 5.41) is 25.7. The van der Waals surface area contributed by atoms with E-state index in [-0.39, 0.29) is 23.3 Å². The van der Waals surface area contributed by atoms with Gasteiger partial charge in [0.2, 0.25) is 5.91 Å². The number of non-ortho nitro benzene ring substituents is 1. The Morgan fingerprint density at radius 1 is 1.29 bits per heavy atom. The summed E-state index contributed by atoms with van der Waals surface area (Å²) in [5.41, 5.74) is 1.38. The number of rotatable bonds is 10. The molecule has 0 bridgehead atoms. The van der Waals surface area contributed by atoms with Crippen LogP contribution in [0.4, 0.5) is 11.4 Å². The molecule has 0 aliphatic rings. The molecule has 2 amide bonds.